The first-order valence-corrected chi connectivity index (χ1v) is 14.8. The monoisotopic (exact) mass is 514 g/mol. The molecule has 202 valence electrons. The number of carbonyl (C=O) groups is 1. The third-order valence-corrected chi connectivity index (χ3v) is 9.56. The Morgan fingerprint density at radius 3 is 2.42 bits per heavy atom. The van der Waals surface area contributed by atoms with E-state index in [1.165, 1.54) is 37.7 Å². The quantitative estimate of drug-likeness (QED) is 0.411. The molecule has 0 radical (unpaired) electrons. The van der Waals surface area contributed by atoms with Crippen LogP contribution in [-0.2, 0) is 11.2 Å². The minimum atomic E-state index is -0.615. The lowest BCUT2D eigenvalue weighted by molar-refractivity contribution is -0.145. The molecule has 6 heteroatoms. The molecule has 2 saturated heterocycles. The number of carboxylic acids is 1. The normalized spacial score (nSPS) is 25.2. The number of aliphatic carboxylic acids is 1. The number of likely N-dealkylation sites (tertiary alicyclic amines) is 2. The van der Waals surface area contributed by atoms with E-state index in [1.807, 2.05) is 6.07 Å². The van der Waals surface area contributed by atoms with Gasteiger partial charge in [-0.15, -0.1) is 0 Å². The highest BCUT2D eigenvalue weighted by atomic mass is 16.4. The van der Waals surface area contributed by atoms with E-state index >= 15 is 0 Å². The van der Waals surface area contributed by atoms with Crippen molar-refractivity contribution in [2.24, 2.45) is 17.8 Å². The van der Waals surface area contributed by atoms with Crippen molar-refractivity contribution < 1.29 is 9.90 Å². The summed E-state index contributed by atoms with van der Waals surface area (Å²) >= 11 is 0. The number of nitrogens with one attached hydrogen (secondary N) is 1. The van der Waals surface area contributed by atoms with Crippen LogP contribution in [-0.4, -0.2) is 69.6 Å². The van der Waals surface area contributed by atoms with Gasteiger partial charge in [0.05, 0.1) is 11.0 Å². The molecule has 2 N–H and O–H groups in total. The summed E-state index contributed by atoms with van der Waals surface area (Å²) in [6.07, 6.45) is 9.15. The highest BCUT2D eigenvalue weighted by Crippen LogP contribution is 2.38. The Bertz CT molecular complexity index is 1160. The van der Waals surface area contributed by atoms with E-state index in [0.29, 0.717) is 23.7 Å². The average molecular weight is 515 g/mol. The van der Waals surface area contributed by atoms with Crippen molar-refractivity contribution in [2.75, 3.05) is 32.7 Å². The first kappa shape index (κ1) is 25.6. The molecule has 0 spiro atoms. The van der Waals surface area contributed by atoms with E-state index in [4.69, 9.17) is 4.98 Å². The minimum Gasteiger partial charge on any atom is -0.480 e. The number of aromatic nitrogens is 2. The van der Waals surface area contributed by atoms with E-state index in [9.17, 15) is 9.90 Å². The van der Waals surface area contributed by atoms with Crippen LogP contribution in [0, 0.1) is 17.8 Å². The molecule has 3 unspecified atom stereocenters. The van der Waals surface area contributed by atoms with Crippen LogP contribution in [0.15, 0.2) is 54.6 Å². The molecule has 2 aliphatic heterocycles. The largest absolute Gasteiger partial charge is 0.480 e. The Balaban J connectivity index is 1.10. The molecule has 3 atom stereocenters. The summed E-state index contributed by atoms with van der Waals surface area (Å²) in [5, 5.41) is 10.3. The Kier molecular flexibility index (Phi) is 7.80. The molecule has 2 aromatic carbocycles. The van der Waals surface area contributed by atoms with Gasteiger partial charge in [0.25, 0.3) is 0 Å². The predicted molar refractivity (Wildman–Crippen MR) is 151 cm³/mol. The third kappa shape index (κ3) is 5.67. The number of carboxylic acid groups (broad SMARTS) is 1. The van der Waals surface area contributed by atoms with Crippen LogP contribution in [0.5, 0.6) is 0 Å². The summed E-state index contributed by atoms with van der Waals surface area (Å²) in [6, 6.07) is 18.8. The number of H-pyrrole nitrogens is 1. The SMILES string of the molecule is O=C(O)C(C1CCCCC1)N1CC(CN2CCC(Cc3nc4ccccc4[nH]3)CC2)C(c2ccccc2)C1. The predicted octanol–water partition coefficient (Wildman–Crippen LogP) is 5.57. The fraction of sp³-hybridized carbons (Fsp3) is 0.562. The van der Waals surface area contributed by atoms with Crippen LogP contribution in [0.3, 0.4) is 0 Å². The van der Waals surface area contributed by atoms with Gasteiger partial charge in [-0.25, -0.2) is 4.98 Å². The van der Waals surface area contributed by atoms with Crippen molar-refractivity contribution in [3.8, 4) is 0 Å². The van der Waals surface area contributed by atoms with Gasteiger partial charge in [0.1, 0.15) is 11.9 Å². The molecule has 1 aliphatic carbocycles. The molecule has 6 nitrogen and oxygen atoms in total. The Labute approximate surface area is 226 Å². The third-order valence-electron chi connectivity index (χ3n) is 9.56. The van der Waals surface area contributed by atoms with E-state index in [-0.39, 0.29) is 6.04 Å². The molecule has 3 fully saturated rings. The fourth-order valence-corrected chi connectivity index (χ4v) is 7.58. The molecule has 1 aromatic heterocycles. The first-order chi connectivity index (χ1) is 18.6. The fourth-order valence-electron chi connectivity index (χ4n) is 7.58. The Morgan fingerprint density at radius 2 is 1.68 bits per heavy atom. The number of benzene rings is 2. The van der Waals surface area contributed by atoms with Gasteiger partial charge < -0.3 is 15.0 Å². The summed E-state index contributed by atoms with van der Waals surface area (Å²) in [7, 11) is 0. The second-order valence-electron chi connectivity index (χ2n) is 12.1. The maximum atomic E-state index is 12.5. The van der Waals surface area contributed by atoms with E-state index in [0.717, 1.165) is 68.8 Å². The van der Waals surface area contributed by atoms with Crippen LogP contribution in [0.2, 0.25) is 0 Å². The summed E-state index contributed by atoms with van der Waals surface area (Å²) in [4.78, 5) is 25.8. The van der Waals surface area contributed by atoms with Crippen LogP contribution < -0.4 is 0 Å². The lowest BCUT2D eigenvalue weighted by Crippen LogP contribution is -2.46. The average Bonchev–Trinajstić information content (AvgIpc) is 3.54. The highest BCUT2D eigenvalue weighted by molar-refractivity contribution is 5.75. The lowest BCUT2D eigenvalue weighted by atomic mass is 9.83. The molecule has 3 aromatic rings. The number of nitrogens with zero attached hydrogens (tertiary/aromatic N) is 3. The number of rotatable bonds is 8. The van der Waals surface area contributed by atoms with Crippen molar-refractivity contribution in [1.29, 1.82) is 0 Å². The number of imidazole rings is 1. The summed E-state index contributed by atoms with van der Waals surface area (Å²) in [5.41, 5.74) is 3.56. The molecule has 1 saturated carbocycles. The van der Waals surface area contributed by atoms with Crippen LogP contribution in [0.1, 0.15) is 62.3 Å². The van der Waals surface area contributed by atoms with Gasteiger partial charge in [0.2, 0.25) is 0 Å². The molecular weight excluding hydrogens is 472 g/mol. The molecule has 38 heavy (non-hydrogen) atoms. The number of fused-ring (bicyclic) bond motifs is 1. The van der Waals surface area contributed by atoms with Gasteiger partial charge in [0.15, 0.2) is 0 Å². The zero-order valence-electron chi connectivity index (χ0n) is 22.5. The maximum absolute atomic E-state index is 12.5. The number of para-hydroxylation sites is 2. The first-order valence-electron chi connectivity index (χ1n) is 14.8. The number of hydrogen-bond acceptors (Lipinski definition) is 4. The summed E-state index contributed by atoms with van der Waals surface area (Å²) in [6.45, 7) is 5.06. The van der Waals surface area contributed by atoms with Crippen molar-refractivity contribution in [1.82, 2.24) is 19.8 Å². The van der Waals surface area contributed by atoms with Gasteiger partial charge in [0, 0.05) is 32.0 Å². The van der Waals surface area contributed by atoms with E-state index in [2.05, 4.69) is 63.3 Å². The van der Waals surface area contributed by atoms with Crippen LogP contribution >= 0.6 is 0 Å². The van der Waals surface area contributed by atoms with E-state index < -0.39 is 5.97 Å². The lowest BCUT2D eigenvalue weighted by Gasteiger charge is -2.35. The molecular formula is C32H42N4O2. The Morgan fingerprint density at radius 1 is 0.947 bits per heavy atom. The van der Waals surface area contributed by atoms with Gasteiger partial charge in [-0.2, -0.15) is 0 Å². The van der Waals surface area contributed by atoms with Crippen LogP contribution in [0.4, 0.5) is 0 Å². The van der Waals surface area contributed by atoms with Crippen molar-refractivity contribution in [3.05, 3.63) is 66.0 Å². The topological polar surface area (TPSA) is 72.5 Å². The zero-order valence-corrected chi connectivity index (χ0v) is 22.5. The number of piperidine rings is 1. The maximum Gasteiger partial charge on any atom is 0.321 e. The molecule has 6 rings (SSSR count). The van der Waals surface area contributed by atoms with Gasteiger partial charge in [-0.1, -0.05) is 61.7 Å². The molecule has 3 aliphatic rings. The van der Waals surface area contributed by atoms with Gasteiger partial charge >= 0.3 is 5.97 Å². The Hall–Kier alpha value is -2.70. The van der Waals surface area contributed by atoms with Crippen molar-refractivity contribution >= 4 is 17.0 Å². The standard InChI is InChI=1S/C32H42N4O2/c37-32(38)31(25-11-5-2-6-12-25)36-21-26(27(22-36)24-9-3-1-4-10-24)20-35-17-15-23(16-18-35)19-30-33-28-13-7-8-14-29(28)34-30/h1,3-4,7-10,13-14,23,25-27,31H,2,5-6,11-12,15-22H2,(H,33,34)(H,37,38). The minimum absolute atomic E-state index is 0.297. The van der Waals surface area contributed by atoms with Gasteiger partial charge in [-0.05, 0) is 74.2 Å². The number of hydrogen-bond donors (Lipinski definition) is 2. The second kappa shape index (κ2) is 11.6. The second-order valence-corrected chi connectivity index (χ2v) is 12.1. The molecule has 3 heterocycles. The molecule has 0 amide bonds. The van der Waals surface area contributed by atoms with Crippen molar-refractivity contribution in [3.63, 3.8) is 0 Å². The highest BCUT2D eigenvalue weighted by Gasteiger charge is 2.43. The summed E-state index contributed by atoms with van der Waals surface area (Å²) in [5.74, 6) is 2.33. The van der Waals surface area contributed by atoms with Crippen molar-refractivity contribution in [2.45, 2.75) is 63.3 Å². The zero-order chi connectivity index (χ0) is 25.9. The van der Waals surface area contributed by atoms with Crippen LogP contribution in [0.25, 0.3) is 11.0 Å². The molecule has 0 bridgehead atoms. The van der Waals surface area contributed by atoms with Gasteiger partial charge in [-0.3, -0.25) is 9.69 Å². The van der Waals surface area contributed by atoms with E-state index in [1.54, 1.807) is 0 Å². The number of aromatic amines is 1. The smallest absolute Gasteiger partial charge is 0.321 e. The summed E-state index contributed by atoms with van der Waals surface area (Å²) < 4.78 is 0.